The number of nitrogens with zero attached hydrogens (tertiary/aromatic N) is 2. The largest absolute Gasteiger partial charge is 0.444 e. The summed E-state index contributed by atoms with van der Waals surface area (Å²) in [6.45, 7) is 6.48. The fourth-order valence-corrected chi connectivity index (χ4v) is 1.81. The first-order valence-corrected chi connectivity index (χ1v) is 5.82. The van der Waals surface area contributed by atoms with Crippen molar-refractivity contribution >= 4 is 12.0 Å². The molecule has 0 aliphatic carbocycles. The number of hydrazine groups is 1. The van der Waals surface area contributed by atoms with Crippen LogP contribution in [0.3, 0.4) is 0 Å². The number of nitrogen functional groups attached to an aromatic ring is 1. The zero-order valence-corrected chi connectivity index (χ0v) is 10.8. The van der Waals surface area contributed by atoms with Crippen LogP contribution < -0.4 is 11.3 Å². The Balaban J connectivity index is 2.09. The third-order valence-corrected chi connectivity index (χ3v) is 2.62. The molecule has 0 radical (unpaired) electrons. The highest BCUT2D eigenvalue weighted by atomic mass is 16.6. The van der Waals surface area contributed by atoms with E-state index in [9.17, 15) is 4.79 Å². The first kappa shape index (κ1) is 12.7. The van der Waals surface area contributed by atoms with Crippen molar-refractivity contribution in [3.63, 3.8) is 0 Å². The molecule has 0 aromatic carbocycles. The van der Waals surface area contributed by atoms with Gasteiger partial charge >= 0.3 is 6.09 Å². The summed E-state index contributed by atoms with van der Waals surface area (Å²) in [6, 6.07) is 0. The van der Waals surface area contributed by atoms with Gasteiger partial charge in [-0.25, -0.2) is 10.6 Å². The number of amides is 1. The van der Waals surface area contributed by atoms with E-state index in [1.807, 2.05) is 20.8 Å². The van der Waals surface area contributed by atoms with Gasteiger partial charge < -0.3 is 14.2 Å². The highest BCUT2D eigenvalue weighted by molar-refractivity contribution is 5.69. The Morgan fingerprint density at radius 2 is 2.28 bits per heavy atom. The molecule has 2 heterocycles. The summed E-state index contributed by atoms with van der Waals surface area (Å²) in [6.07, 6.45) is 0.303. The monoisotopic (exact) mass is 254 g/mol. The van der Waals surface area contributed by atoms with Gasteiger partial charge in [0.1, 0.15) is 5.60 Å². The van der Waals surface area contributed by atoms with Gasteiger partial charge in [-0.2, -0.15) is 0 Å². The van der Waals surface area contributed by atoms with Crippen molar-refractivity contribution in [3.05, 3.63) is 11.3 Å². The van der Waals surface area contributed by atoms with Gasteiger partial charge in [0, 0.05) is 13.0 Å². The van der Waals surface area contributed by atoms with Crippen LogP contribution in [0.25, 0.3) is 0 Å². The minimum absolute atomic E-state index is 0.336. The summed E-state index contributed by atoms with van der Waals surface area (Å²) in [5, 5.41) is 3.90. The fourth-order valence-electron chi connectivity index (χ4n) is 1.81. The van der Waals surface area contributed by atoms with Crippen molar-refractivity contribution in [2.45, 2.75) is 39.3 Å². The molecule has 0 atom stereocenters. The van der Waals surface area contributed by atoms with E-state index in [0.717, 1.165) is 11.3 Å². The maximum Gasteiger partial charge on any atom is 0.410 e. The lowest BCUT2D eigenvalue weighted by Crippen LogP contribution is -2.40. The molecule has 0 unspecified atom stereocenters. The van der Waals surface area contributed by atoms with Crippen molar-refractivity contribution in [1.29, 1.82) is 0 Å². The Bertz CT molecular complexity index is 436. The number of nitrogens with one attached hydrogen (secondary N) is 1. The van der Waals surface area contributed by atoms with Crippen LogP contribution in [-0.2, 0) is 17.7 Å². The Labute approximate surface area is 105 Å². The summed E-state index contributed by atoms with van der Waals surface area (Å²) in [5.41, 5.74) is 3.59. The Hall–Kier alpha value is -1.76. The minimum atomic E-state index is -0.499. The molecule has 2 rings (SSSR count). The molecule has 3 N–H and O–H groups in total. The number of ether oxygens (including phenoxy) is 1. The highest BCUT2D eigenvalue weighted by Crippen LogP contribution is 2.26. The van der Waals surface area contributed by atoms with Crippen LogP contribution >= 0.6 is 0 Å². The van der Waals surface area contributed by atoms with E-state index in [1.54, 1.807) is 4.90 Å². The molecule has 0 bridgehead atoms. The molecular weight excluding hydrogens is 236 g/mol. The average Bonchev–Trinajstić information content (AvgIpc) is 2.68. The predicted molar refractivity (Wildman–Crippen MR) is 64.7 cm³/mol. The van der Waals surface area contributed by atoms with Crippen LogP contribution in [0.15, 0.2) is 4.52 Å². The molecule has 0 saturated heterocycles. The topological polar surface area (TPSA) is 93.6 Å². The quantitative estimate of drug-likeness (QED) is 0.578. The molecule has 1 aliphatic rings. The molecule has 1 aromatic rings. The smallest absolute Gasteiger partial charge is 0.410 e. The van der Waals surface area contributed by atoms with Crippen LogP contribution in [0.5, 0.6) is 0 Å². The molecule has 1 amide bonds. The first-order valence-electron chi connectivity index (χ1n) is 5.82. The summed E-state index contributed by atoms with van der Waals surface area (Å²) in [5.74, 6) is 5.72. The SMILES string of the molecule is CC(C)(C)OC(=O)N1CCc2noc(NN)c2C1. The molecule has 0 fully saturated rings. The van der Waals surface area contributed by atoms with E-state index in [0.29, 0.717) is 25.4 Å². The maximum absolute atomic E-state index is 11.9. The minimum Gasteiger partial charge on any atom is -0.444 e. The number of rotatable bonds is 1. The van der Waals surface area contributed by atoms with Crippen molar-refractivity contribution in [2.24, 2.45) is 5.84 Å². The van der Waals surface area contributed by atoms with E-state index < -0.39 is 5.60 Å². The second-order valence-electron chi connectivity index (χ2n) is 5.23. The third kappa shape index (κ3) is 2.56. The van der Waals surface area contributed by atoms with Crippen LogP contribution in [0.1, 0.15) is 32.0 Å². The van der Waals surface area contributed by atoms with Crippen LogP contribution in [0, 0.1) is 0 Å². The highest BCUT2D eigenvalue weighted by Gasteiger charge is 2.29. The van der Waals surface area contributed by atoms with Crippen LogP contribution in [0.2, 0.25) is 0 Å². The number of fused-ring (bicyclic) bond motifs is 1. The molecular formula is C11H18N4O3. The summed E-state index contributed by atoms with van der Waals surface area (Å²) in [4.78, 5) is 13.6. The number of anilines is 1. The Morgan fingerprint density at radius 3 is 2.89 bits per heavy atom. The number of nitrogens with two attached hydrogens (primary N) is 1. The number of hydrogen-bond acceptors (Lipinski definition) is 6. The fraction of sp³-hybridized carbons (Fsp3) is 0.636. The third-order valence-electron chi connectivity index (χ3n) is 2.62. The molecule has 7 nitrogen and oxygen atoms in total. The van der Waals surface area contributed by atoms with Gasteiger partial charge in [-0.3, -0.25) is 5.43 Å². The normalized spacial score (nSPS) is 15.2. The molecule has 0 spiro atoms. The number of hydrogen-bond donors (Lipinski definition) is 2. The standard InChI is InChI=1S/C11H18N4O3/c1-11(2,3)17-10(16)15-5-4-8-7(6-15)9(13-12)18-14-8/h13H,4-6,12H2,1-3H3. The zero-order chi connectivity index (χ0) is 13.3. The molecule has 100 valence electrons. The van der Waals surface area contributed by atoms with Gasteiger partial charge in [0.2, 0.25) is 5.88 Å². The predicted octanol–water partition coefficient (Wildman–Crippen LogP) is 1.25. The van der Waals surface area contributed by atoms with Gasteiger partial charge in [0.15, 0.2) is 0 Å². The van der Waals surface area contributed by atoms with Crippen molar-refractivity contribution in [1.82, 2.24) is 10.1 Å². The Kier molecular flexibility index (Phi) is 3.16. The lowest BCUT2D eigenvalue weighted by Gasteiger charge is -2.29. The number of carbonyl (C=O) groups is 1. The number of aromatic nitrogens is 1. The van der Waals surface area contributed by atoms with Gasteiger partial charge in [-0.15, -0.1) is 0 Å². The summed E-state index contributed by atoms with van der Waals surface area (Å²) < 4.78 is 10.4. The van der Waals surface area contributed by atoms with Gasteiger partial charge in [-0.1, -0.05) is 5.16 Å². The van der Waals surface area contributed by atoms with Crippen molar-refractivity contribution < 1.29 is 14.1 Å². The Morgan fingerprint density at radius 1 is 1.56 bits per heavy atom. The summed E-state index contributed by atoms with van der Waals surface area (Å²) >= 11 is 0. The van der Waals surface area contributed by atoms with Gasteiger partial charge in [0.05, 0.1) is 17.8 Å². The molecule has 7 heteroatoms. The van der Waals surface area contributed by atoms with Crippen LogP contribution in [-0.4, -0.2) is 28.3 Å². The van der Waals surface area contributed by atoms with Crippen molar-refractivity contribution in [2.75, 3.05) is 12.0 Å². The van der Waals surface area contributed by atoms with E-state index in [-0.39, 0.29) is 6.09 Å². The summed E-state index contributed by atoms with van der Waals surface area (Å²) in [7, 11) is 0. The maximum atomic E-state index is 11.9. The van der Waals surface area contributed by atoms with E-state index >= 15 is 0 Å². The van der Waals surface area contributed by atoms with E-state index in [1.165, 1.54) is 0 Å². The molecule has 1 aliphatic heterocycles. The lowest BCUT2D eigenvalue weighted by atomic mass is 10.1. The van der Waals surface area contributed by atoms with E-state index in [4.69, 9.17) is 15.1 Å². The molecule has 18 heavy (non-hydrogen) atoms. The zero-order valence-electron chi connectivity index (χ0n) is 10.8. The molecule has 1 aromatic heterocycles. The van der Waals surface area contributed by atoms with Crippen LogP contribution in [0.4, 0.5) is 10.7 Å². The second-order valence-corrected chi connectivity index (χ2v) is 5.23. The first-order chi connectivity index (χ1) is 8.40. The second kappa shape index (κ2) is 4.49. The number of carbonyl (C=O) groups excluding carboxylic acids is 1. The van der Waals surface area contributed by atoms with E-state index in [2.05, 4.69) is 10.6 Å². The lowest BCUT2D eigenvalue weighted by molar-refractivity contribution is 0.0224. The van der Waals surface area contributed by atoms with Gasteiger partial charge in [-0.05, 0) is 20.8 Å². The van der Waals surface area contributed by atoms with Gasteiger partial charge in [0.25, 0.3) is 0 Å². The van der Waals surface area contributed by atoms with Crippen molar-refractivity contribution in [3.8, 4) is 0 Å². The average molecular weight is 254 g/mol. The molecule has 0 saturated carbocycles.